The molecule has 6 heteroatoms. The monoisotopic (exact) mass is 296 g/mol. The average Bonchev–Trinajstić information content (AvgIpc) is 2.24. The van der Waals surface area contributed by atoms with Crippen molar-refractivity contribution in [2.24, 2.45) is 0 Å². The summed E-state index contributed by atoms with van der Waals surface area (Å²) in [4.78, 5) is 13.1. The summed E-state index contributed by atoms with van der Waals surface area (Å²) >= 11 is 2.38. The van der Waals surface area contributed by atoms with Crippen LogP contribution in [0.2, 0.25) is 0 Å². The van der Waals surface area contributed by atoms with E-state index in [1.165, 1.54) is 0 Å². The van der Waals surface area contributed by atoms with Gasteiger partial charge in [0, 0.05) is 0 Å². The third kappa shape index (κ3) is 3.18. The van der Waals surface area contributed by atoms with E-state index in [2.05, 4.69) is 43.7 Å². The SMILES string of the molecule is COCCN(C)C1CN(c2ccnc([As])n2)C1. The molecule has 0 bridgehead atoms. The van der Waals surface area contributed by atoms with E-state index in [-0.39, 0.29) is 0 Å². The summed E-state index contributed by atoms with van der Waals surface area (Å²) in [6, 6.07) is 2.57. The Morgan fingerprint density at radius 1 is 1.59 bits per heavy atom. The van der Waals surface area contributed by atoms with Crippen molar-refractivity contribution in [2.45, 2.75) is 6.04 Å². The number of likely N-dealkylation sites (N-methyl/N-ethyl adjacent to an activating group) is 1. The molecule has 92 valence electrons. The van der Waals surface area contributed by atoms with Crippen LogP contribution in [0.15, 0.2) is 12.3 Å². The van der Waals surface area contributed by atoms with E-state index in [0.29, 0.717) is 6.04 Å². The van der Waals surface area contributed by atoms with Crippen molar-refractivity contribution < 1.29 is 4.74 Å². The minimum absolute atomic E-state index is 0.606. The Morgan fingerprint density at radius 2 is 2.35 bits per heavy atom. The molecule has 0 N–H and O–H groups in total. The molecule has 1 aliphatic rings. The van der Waals surface area contributed by atoms with Crippen LogP contribution in [0.5, 0.6) is 0 Å². The zero-order chi connectivity index (χ0) is 12.3. The molecule has 1 fully saturated rings. The maximum absolute atomic E-state index is 5.08. The van der Waals surface area contributed by atoms with Gasteiger partial charge in [-0.3, -0.25) is 0 Å². The molecule has 1 aromatic heterocycles. The van der Waals surface area contributed by atoms with Gasteiger partial charge in [0.05, 0.1) is 0 Å². The number of methoxy groups -OCH3 is 1. The number of aromatic nitrogens is 2. The molecule has 0 amide bonds. The third-order valence-electron chi connectivity index (χ3n) is 3.09. The molecule has 0 aromatic carbocycles. The first kappa shape index (κ1) is 12.8. The van der Waals surface area contributed by atoms with Gasteiger partial charge in [-0.05, 0) is 0 Å². The molecule has 1 saturated heterocycles. The van der Waals surface area contributed by atoms with Crippen LogP contribution in [0.1, 0.15) is 0 Å². The fourth-order valence-electron chi connectivity index (χ4n) is 1.85. The van der Waals surface area contributed by atoms with Gasteiger partial charge >= 0.3 is 110 Å². The number of hydrogen-bond donors (Lipinski definition) is 0. The summed E-state index contributed by atoms with van der Waals surface area (Å²) in [6.45, 7) is 3.83. The van der Waals surface area contributed by atoms with Crippen LogP contribution in [0.25, 0.3) is 0 Å². The summed E-state index contributed by atoms with van der Waals surface area (Å²) in [7, 11) is 3.88. The first-order valence-electron chi connectivity index (χ1n) is 5.67. The predicted octanol–water partition coefficient (Wildman–Crippen LogP) is -0.963. The van der Waals surface area contributed by atoms with Crippen molar-refractivity contribution in [3.05, 3.63) is 12.3 Å². The second-order valence-corrected chi connectivity index (χ2v) is 5.09. The normalized spacial score (nSPS) is 16.4. The fraction of sp³-hybridized carbons (Fsp3) is 0.636. The van der Waals surface area contributed by atoms with Gasteiger partial charge in [0.1, 0.15) is 0 Å². The molecule has 0 atom stereocenters. The molecule has 0 saturated carbocycles. The van der Waals surface area contributed by atoms with Crippen molar-refractivity contribution in [3.63, 3.8) is 0 Å². The van der Waals surface area contributed by atoms with Crippen molar-refractivity contribution in [1.82, 2.24) is 14.9 Å². The maximum atomic E-state index is 5.08. The van der Waals surface area contributed by atoms with Crippen LogP contribution in [0, 0.1) is 0 Å². The van der Waals surface area contributed by atoms with E-state index in [9.17, 15) is 0 Å². The van der Waals surface area contributed by atoms with E-state index in [0.717, 1.165) is 36.7 Å². The minimum atomic E-state index is 0.606. The van der Waals surface area contributed by atoms with Crippen LogP contribution >= 0.6 is 0 Å². The number of hydrogen-bond acceptors (Lipinski definition) is 5. The number of anilines is 1. The second kappa shape index (κ2) is 5.80. The molecular formula is C11H17AsN4O. The van der Waals surface area contributed by atoms with E-state index >= 15 is 0 Å². The Morgan fingerprint density at radius 3 is 3.00 bits per heavy atom. The zero-order valence-corrected chi connectivity index (χ0v) is 12.1. The molecule has 17 heavy (non-hydrogen) atoms. The summed E-state index contributed by atoms with van der Waals surface area (Å²) in [5.74, 6) is 1.02. The van der Waals surface area contributed by atoms with Gasteiger partial charge in [-0.1, -0.05) is 0 Å². The second-order valence-electron chi connectivity index (χ2n) is 4.25. The van der Waals surface area contributed by atoms with Crippen LogP contribution in [-0.4, -0.2) is 78.2 Å². The van der Waals surface area contributed by atoms with Crippen LogP contribution in [0.4, 0.5) is 5.82 Å². The molecular weight excluding hydrogens is 279 g/mol. The van der Waals surface area contributed by atoms with Gasteiger partial charge in [0.15, 0.2) is 0 Å². The first-order valence-corrected chi connectivity index (χ1v) is 6.60. The van der Waals surface area contributed by atoms with Crippen molar-refractivity contribution in [2.75, 3.05) is 45.3 Å². The van der Waals surface area contributed by atoms with E-state index in [4.69, 9.17) is 4.74 Å². The number of ether oxygens (including phenoxy) is 1. The molecule has 1 aliphatic heterocycles. The Labute approximate surface area is 111 Å². The van der Waals surface area contributed by atoms with Gasteiger partial charge in [-0.15, -0.1) is 0 Å². The standard InChI is InChI=1S/C11H17AsN4O/c1-15(5-6-17-2)9-7-16(8-9)10-3-4-13-11(12)14-10/h3-4,9H,5-8H2,1-2H3. The van der Waals surface area contributed by atoms with E-state index < -0.39 is 0 Å². The number of nitrogens with zero attached hydrogens (tertiary/aromatic N) is 4. The summed E-state index contributed by atoms with van der Waals surface area (Å²) in [5, 5.41) is 0. The molecule has 2 rings (SSSR count). The Balaban J connectivity index is 1.82. The van der Waals surface area contributed by atoms with Crippen LogP contribution in [-0.2, 0) is 4.74 Å². The van der Waals surface area contributed by atoms with Gasteiger partial charge in [0.25, 0.3) is 0 Å². The van der Waals surface area contributed by atoms with Crippen LogP contribution < -0.4 is 9.51 Å². The van der Waals surface area contributed by atoms with Gasteiger partial charge in [0.2, 0.25) is 0 Å². The average molecular weight is 296 g/mol. The Hall–Kier alpha value is -0.642. The van der Waals surface area contributed by atoms with E-state index in [1.54, 1.807) is 13.3 Å². The molecule has 5 nitrogen and oxygen atoms in total. The first-order chi connectivity index (χ1) is 8.20. The van der Waals surface area contributed by atoms with Crippen molar-refractivity contribution in [1.29, 1.82) is 0 Å². The molecule has 0 spiro atoms. The van der Waals surface area contributed by atoms with Gasteiger partial charge in [-0.2, -0.15) is 0 Å². The van der Waals surface area contributed by atoms with Gasteiger partial charge < -0.3 is 0 Å². The quantitative estimate of drug-likeness (QED) is 0.655. The Kier molecular flexibility index (Phi) is 4.37. The molecule has 0 aliphatic carbocycles. The van der Waals surface area contributed by atoms with E-state index in [1.807, 2.05) is 6.07 Å². The van der Waals surface area contributed by atoms with Crippen LogP contribution in [0.3, 0.4) is 0 Å². The molecule has 2 heterocycles. The topological polar surface area (TPSA) is 41.5 Å². The van der Waals surface area contributed by atoms with Crippen molar-refractivity contribution >= 4 is 27.3 Å². The summed E-state index contributed by atoms with van der Waals surface area (Å²) in [5.41, 5.74) is 0. The predicted molar refractivity (Wildman–Crippen MR) is 67.9 cm³/mol. The summed E-state index contributed by atoms with van der Waals surface area (Å²) in [6.07, 6.45) is 1.80. The molecule has 0 unspecified atom stereocenters. The number of rotatable bonds is 5. The fourth-order valence-corrected chi connectivity index (χ4v) is 2.21. The molecule has 2 radical (unpaired) electrons. The molecule has 1 aromatic rings. The third-order valence-corrected chi connectivity index (χ3v) is 3.54. The summed E-state index contributed by atoms with van der Waals surface area (Å²) < 4.78 is 5.85. The van der Waals surface area contributed by atoms with Crippen molar-refractivity contribution in [3.8, 4) is 0 Å². The zero-order valence-electron chi connectivity index (χ0n) is 10.2. The Bertz CT molecular complexity index is 370. The van der Waals surface area contributed by atoms with Gasteiger partial charge in [-0.25, -0.2) is 0 Å².